The Morgan fingerprint density at radius 1 is 0.313 bits per heavy atom. The number of nitrogens with zero attached hydrogens (tertiary/aromatic N) is 1. The van der Waals surface area contributed by atoms with E-state index < -0.39 is 0 Å². The second kappa shape index (κ2) is 13.3. The number of aromatic nitrogens is 1. The average Bonchev–Trinajstić information content (AvgIpc) is 3.61. The van der Waals surface area contributed by atoms with Crippen molar-refractivity contribution in [3.05, 3.63) is 223 Å². The Balaban J connectivity index is 0.974. The van der Waals surface area contributed by atoms with Crippen LogP contribution in [0.15, 0.2) is 212 Å². The molecule has 13 aromatic carbocycles. The minimum absolute atomic E-state index is 0.233. The van der Waals surface area contributed by atoms with Gasteiger partial charge in [0, 0.05) is 16.4 Å². The molecule has 1 heterocycles. The molecular formula is C66H41N. The minimum atomic E-state index is -0.233. The van der Waals surface area contributed by atoms with Crippen molar-refractivity contribution >= 4 is 86.3 Å². The maximum atomic E-state index is 5.47. The highest BCUT2D eigenvalue weighted by molar-refractivity contribution is 6.27. The molecule has 1 heteroatoms. The molecule has 0 N–H and O–H groups in total. The van der Waals surface area contributed by atoms with Crippen molar-refractivity contribution < 1.29 is 0 Å². The van der Waals surface area contributed by atoms with E-state index in [0.29, 0.717) is 0 Å². The third kappa shape index (κ3) is 5.12. The topological polar surface area (TPSA) is 12.9 Å². The van der Waals surface area contributed by atoms with Crippen LogP contribution in [0.25, 0.3) is 142 Å². The maximum Gasteiger partial charge on any atom is 0.0759 e. The second-order valence-corrected chi connectivity index (χ2v) is 19.4. The Labute approximate surface area is 387 Å². The maximum absolute atomic E-state index is 5.47. The molecule has 0 bridgehead atoms. The molecule has 1 aliphatic carbocycles. The van der Waals surface area contributed by atoms with Crippen molar-refractivity contribution in [2.24, 2.45) is 0 Å². The fourth-order valence-corrected chi connectivity index (χ4v) is 12.4. The van der Waals surface area contributed by atoms with Crippen LogP contribution in [0.1, 0.15) is 25.0 Å². The standard InChI is InChI=1S/C66H41N/c1-66(2)56-16-6-5-15-55(56)65-64(66)62(63-52-14-4-3-9-39(52)29-34-57(63)67-65)46-19-17-38(18-20-46)47-35-48(50-30-25-44-23-21-40-10-7-12-42-27-32-53(50)60(44)58(40)42)37-49(36-47)51-31-26-45-24-22-41-11-8-13-43-28-33-54(51)61(45)59(41)43/h3-37H,1-2H3. The first-order valence-corrected chi connectivity index (χ1v) is 23.5. The molecule has 0 unspecified atom stereocenters. The van der Waals surface area contributed by atoms with E-state index in [1.165, 1.54) is 142 Å². The first-order chi connectivity index (χ1) is 33.0. The van der Waals surface area contributed by atoms with E-state index in [-0.39, 0.29) is 5.41 Å². The number of pyridine rings is 1. The third-order valence-electron chi connectivity index (χ3n) is 15.5. The zero-order valence-corrected chi connectivity index (χ0v) is 37.2. The normalized spacial score (nSPS) is 13.3. The zero-order chi connectivity index (χ0) is 44.1. The molecule has 67 heavy (non-hydrogen) atoms. The molecule has 1 aliphatic rings. The number of benzene rings is 13. The highest BCUT2D eigenvalue weighted by Gasteiger charge is 2.40. The summed E-state index contributed by atoms with van der Waals surface area (Å²) in [4.78, 5) is 5.47. The molecule has 1 aromatic heterocycles. The highest BCUT2D eigenvalue weighted by Crippen LogP contribution is 2.54. The second-order valence-electron chi connectivity index (χ2n) is 19.4. The van der Waals surface area contributed by atoms with Gasteiger partial charge in [0.05, 0.1) is 11.2 Å². The van der Waals surface area contributed by atoms with Crippen LogP contribution in [0.4, 0.5) is 0 Å². The Kier molecular flexibility index (Phi) is 7.35. The predicted molar refractivity (Wildman–Crippen MR) is 286 cm³/mol. The molecule has 0 fully saturated rings. The van der Waals surface area contributed by atoms with E-state index in [4.69, 9.17) is 4.98 Å². The summed E-state index contributed by atoms with van der Waals surface area (Å²) in [5.41, 5.74) is 15.5. The van der Waals surface area contributed by atoms with Gasteiger partial charge in [0.1, 0.15) is 0 Å². The molecule has 310 valence electrons. The van der Waals surface area contributed by atoms with Crippen LogP contribution < -0.4 is 0 Å². The van der Waals surface area contributed by atoms with Crippen molar-refractivity contribution in [2.45, 2.75) is 19.3 Å². The van der Waals surface area contributed by atoms with Gasteiger partial charge in [0.2, 0.25) is 0 Å². The highest BCUT2D eigenvalue weighted by atomic mass is 14.7. The van der Waals surface area contributed by atoms with Crippen LogP contribution in [0, 0.1) is 0 Å². The van der Waals surface area contributed by atoms with Gasteiger partial charge in [-0.1, -0.05) is 202 Å². The first-order valence-electron chi connectivity index (χ1n) is 23.5. The van der Waals surface area contributed by atoms with E-state index in [1.807, 2.05) is 0 Å². The van der Waals surface area contributed by atoms with E-state index in [9.17, 15) is 0 Å². The van der Waals surface area contributed by atoms with Gasteiger partial charge in [-0.05, 0) is 155 Å². The molecule has 0 spiro atoms. The summed E-state index contributed by atoms with van der Waals surface area (Å²) in [5, 5.41) is 19.3. The van der Waals surface area contributed by atoms with Gasteiger partial charge >= 0.3 is 0 Å². The van der Waals surface area contributed by atoms with Crippen LogP contribution in [0.2, 0.25) is 0 Å². The van der Waals surface area contributed by atoms with Gasteiger partial charge in [0.25, 0.3) is 0 Å². The lowest BCUT2D eigenvalue weighted by atomic mass is 9.78. The van der Waals surface area contributed by atoms with Crippen molar-refractivity contribution in [2.75, 3.05) is 0 Å². The van der Waals surface area contributed by atoms with Crippen molar-refractivity contribution in [3.8, 4) is 55.8 Å². The van der Waals surface area contributed by atoms with Crippen molar-refractivity contribution in [1.29, 1.82) is 0 Å². The smallest absolute Gasteiger partial charge is 0.0759 e. The van der Waals surface area contributed by atoms with E-state index >= 15 is 0 Å². The largest absolute Gasteiger partial charge is 0.247 e. The van der Waals surface area contributed by atoms with Crippen LogP contribution in [0.5, 0.6) is 0 Å². The fraction of sp³-hybridized carbons (Fsp3) is 0.0455. The summed E-state index contributed by atoms with van der Waals surface area (Å²) in [6, 6.07) is 79.9. The summed E-state index contributed by atoms with van der Waals surface area (Å²) in [5.74, 6) is 0. The molecule has 0 saturated carbocycles. The minimum Gasteiger partial charge on any atom is -0.247 e. The molecule has 0 saturated heterocycles. The summed E-state index contributed by atoms with van der Waals surface area (Å²) in [7, 11) is 0. The number of fused-ring (bicyclic) bond motifs is 6. The number of hydrogen-bond acceptors (Lipinski definition) is 1. The fourth-order valence-electron chi connectivity index (χ4n) is 12.4. The van der Waals surface area contributed by atoms with Gasteiger partial charge in [-0.25, -0.2) is 4.98 Å². The first kappa shape index (κ1) is 36.9. The summed E-state index contributed by atoms with van der Waals surface area (Å²) >= 11 is 0. The number of rotatable bonds is 4. The molecule has 0 aliphatic heterocycles. The molecule has 0 radical (unpaired) electrons. The van der Waals surface area contributed by atoms with Crippen LogP contribution >= 0.6 is 0 Å². The van der Waals surface area contributed by atoms with Gasteiger partial charge in [0.15, 0.2) is 0 Å². The zero-order valence-electron chi connectivity index (χ0n) is 37.2. The molecule has 0 amide bonds. The Morgan fingerprint density at radius 2 is 0.791 bits per heavy atom. The average molecular weight is 848 g/mol. The lowest BCUT2D eigenvalue weighted by Gasteiger charge is -2.26. The lowest BCUT2D eigenvalue weighted by molar-refractivity contribution is 0.662. The van der Waals surface area contributed by atoms with Crippen LogP contribution in [-0.4, -0.2) is 4.98 Å². The van der Waals surface area contributed by atoms with E-state index in [0.717, 1.165) is 11.2 Å². The summed E-state index contributed by atoms with van der Waals surface area (Å²) < 4.78 is 0. The monoisotopic (exact) mass is 847 g/mol. The Hall–Kier alpha value is -8.39. The van der Waals surface area contributed by atoms with Crippen molar-refractivity contribution in [1.82, 2.24) is 4.98 Å². The Morgan fingerprint density at radius 3 is 1.42 bits per heavy atom. The van der Waals surface area contributed by atoms with Crippen molar-refractivity contribution in [3.63, 3.8) is 0 Å². The van der Waals surface area contributed by atoms with E-state index in [1.54, 1.807) is 0 Å². The van der Waals surface area contributed by atoms with Crippen LogP contribution in [-0.2, 0) is 5.41 Å². The Bertz CT molecular complexity index is 4200. The van der Waals surface area contributed by atoms with E-state index in [2.05, 4.69) is 226 Å². The predicted octanol–water partition coefficient (Wildman–Crippen LogP) is 18.2. The quantitative estimate of drug-likeness (QED) is 0.161. The summed E-state index contributed by atoms with van der Waals surface area (Å²) in [6.45, 7) is 4.75. The van der Waals surface area contributed by atoms with Gasteiger partial charge in [-0.3, -0.25) is 0 Å². The molecule has 14 aromatic rings. The van der Waals surface area contributed by atoms with Gasteiger partial charge < -0.3 is 0 Å². The van der Waals surface area contributed by atoms with Gasteiger partial charge in [-0.2, -0.15) is 0 Å². The molecule has 0 atom stereocenters. The number of hydrogen-bond donors (Lipinski definition) is 0. The lowest BCUT2D eigenvalue weighted by Crippen LogP contribution is -2.16. The SMILES string of the molecule is CC1(C)c2ccccc2-c2nc3ccc4ccccc4c3c(-c3ccc(-c4cc(-c5ccc6ccc7cccc8ccc5c6c78)cc(-c5ccc6ccc7cccc8ccc5c6c78)c4)cc3)c21. The van der Waals surface area contributed by atoms with Crippen LogP contribution in [0.3, 0.4) is 0 Å². The summed E-state index contributed by atoms with van der Waals surface area (Å²) in [6.07, 6.45) is 0. The van der Waals surface area contributed by atoms with Gasteiger partial charge in [-0.15, -0.1) is 0 Å². The molecular weight excluding hydrogens is 807 g/mol. The third-order valence-corrected chi connectivity index (χ3v) is 15.5. The molecule has 1 nitrogen and oxygen atoms in total. The molecule has 15 rings (SSSR count).